The van der Waals surface area contributed by atoms with E-state index in [1.54, 1.807) is 0 Å². The predicted molar refractivity (Wildman–Crippen MR) is 52.2 cm³/mol. The van der Waals surface area contributed by atoms with E-state index in [0.29, 0.717) is 0 Å². The Morgan fingerprint density at radius 3 is 1.78 bits per heavy atom. The molecule has 0 rings (SSSR count). The average molecular weight is 240 g/mol. The molecule has 0 bridgehead atoms. The molecule has 56 valence electrons. The van der Waals surface area contributed by atoms with Crippen LogP contribution >= 0.6 is 22.6 Å². The van der Waals surface area contributed by atoms with Crippen LogP contribution in [-0.4, -0.2) is 4.43 Å². The van der Waals surface area contributed by atoms with E-state index >= 15 is 0 Å². The third kappa shape index (κ3) is 5.19. The molecule has 0 saturated carbocycles. The molecule has 9 heavy (non-hydrogen) atoms. The van der Waals surface area contributed by atoms with Gasteiger partial charge in [-0.3, -0.25) is 0 Å². The maximum Gasteiger partial charge on any atom is 0.00236 e. The van der Waals surface area contributed by atoms with Gasteiger partial charge in [-0.05, 0) is 18.8 Å². The van der Waals surface area contributed by atoms with Crippen molar-refractivity contribution in [3.05, 3.63) is 0 Å². The van der Waals surface area contributed by atoms with E-state index in [2.05, 4.69) is 36.4 Å². The standard InChI is InChI=1S/C8H17I/c1-3-5-8(7-9)6-4-2/h8H,3-7H2,1-2H3. The van der Waals surface area contributed by atoms with E-state index in [-0.39, 0.29) is 0 Å². The van der Waals surface area contributed by atoms with Gasteiger partial charge in [-0.2, -0.15) is 0 Å². The summed E-state index contributed by atoms with van der Waals surface area (Å²) in [5, 5.41) is 0. The molecule has 0 aliphatic rings. The molecule has 0 saturated heterocycles. The summed E-state index contributed by atoms with van der Waals surface area (Å²) in [4.78, 5) is 0. The molecular weight excluding hydrogens is 223 g/mol. The second kappa shape index (κ2) is 6.84. The quantitative estimate of drug-likeness (QED) is 0.508. The molecule has 1 heteroatoms. The number of hydrogen-bond acceptors (Lipinski definition) is 0. The molecule has 0 aliphatic carbocycles. The Morgan fingerprint density at radius 2 is 1.56 bits per heavy atom. The molecule has 0 nitrogen and oxygen atoms in total. The molecule has 0 aromatic carbocycles. The SMILES string of the molecule is CCCC(CI)CCC. The van der Waals surface area contributed by atoms with Crippen LogP contribution in [0.3, 0.4) is 0 Å². The highest BCUT2D eigenvalue weighted by Crippen LogP contribution is 2.15. The Morgan fingerprint density at radius 1 is 1.11 bits per heavy atom. The molecule has 0 amide bonds. The zero-order chi connectivity index (χ0) is 7.11. The second-order valence-electron chi connectivity index (χ2n) is 2.60. The summed E-state index contributed by atoms with van der Waals surface area (Å²) in [6, 6.07) is 0. The van der Waals surface area contributed by atoms with Gasteiger partial charge in [-0.15, -0.1) is 0 Å². The maximum atomic E-state index is 2.50. The van der Waals surface area contributed by atoms with Gasteiger partial charge in [0.1, 0.15) is 0 Å². The van der Waals surface area contributed by atoms with Crippen LogP contribution in [0.2, 0.25) is 0 Å². The highest BCUT2D eigenvalue weighted by atomic mass is 127. The Kier molecular flexibility index (Phi) is 7.40. The average Bonchev–Trinajstić information content (AvgIpc) is 1.88. The fraction of sp³-hybridized carbons (Fsp3) is 1.00. The van der Waals surface area contributed by atoms with Crippen molar-refractivity contribution in [2.75, 3.05) is 4.43 Å². The number of hydrogen-bond donors (Lipinski definition) is 0. The van der Waals surface area contributed by atoms with Crippen LogP contribution in [0.4, 0.5) is 0 Å². The van der Waals surface area contributed by atoms with Gasteiger partial charge in [0, 0.05) is 4.43 Å². The molecule has 0 atom stereocenters. The lowest BCUT2D eigenvalue weighted by Gasteiger charge is -2.09. The Labute approximate surface area is 72.6 Å². The maximum absolute atomic E-state index is 2.50. The predicted octanol–water partition coefficient (Wildman–Crippen LogP) is 3.64. The first-order valence-corrected chi connectivity index (χ1v) is 5.43. The second-order valence-corrected chi connectivity index (χ2v) is 3.48. The molecule has 0 radical (unpaired) electrons. The zero-order valence-corrected chi connectivity index (χ0v) is 8.65. The monoisotopic (exact) mass is 240 g/mol. The molecule has 0 unspecified atom stereocenters. The summed E-state index contributed by atoms with van der Waals surface area (Å²) < 4.78 is 1.35. The van der Waals surface area contributed by atoms with Crippen molar-refractivity contribution in [3.8, 4) is 0 Å². The van der Waals surface area contributed by atoms with Gasteiger partial charge in [0.15, 0.2) is 0 Å². The summed E-state index contributed by atoms with van der Waals surface area (Å²) >= 11 is 2.50. The topological polar surface area (TPSA) is 0 Å². The molecule has 0 aromatic heterocycles. The van der Waals surface area contributed by atoms with Crippen molar-refractivity contribution in [1.82, 2.24) is 0 Å². The minimum atomic E-state index is 1.00. The Balaban J connectivity index is 3.18. The van der Waals surface area contributed by atoms with Crippen molar-refractivity contribution < 1.29 is 0 Å². The van der Waals surface area contributed by atoms with Crippen LogP contribution in [0.1, 0.15) is 39.5 Å². The van der Waals surface area contributed by atoms with Crippen molar-refractivity contribution in [3.63, 3.8) is 0 Å². The third-order valence-electron chi connectivity index (χ3n) is 1.61. The summed E-state index contributed by atoms with van der Waals surface area (Å²) in [7, 11) is 0. The lowest BCUT2D eigenvalue weighted by Crippen LogP contribution is -1.99. The normalized spacial score (nSPS) is 10.7. The molecule has 0 aromatic rings. The smallest absolute Gasteiger partial charge is 0.00236 e. The minimum absolute atomic E-state index is 1.00. The summed E-state index contributed by atoms with van der Waals surface area (Å²) in [6.07, 6.45) is 5.56. The van der Waals surface area contributed by atoms with Crippen LogP contribution in [0.5, 0.6) is 0 Å². The highest BCUT2D eigenvalue weighted by Gasteiger charge is 2.02. The van der Waals surface area contributed by atoms with E-state index in [1.807, 2.05) is 0 Å². The summed E-state index contributed by atoms with van der Waals surface area (Å²) in [5.74, 6) is 1.00. The van der Waals surface area contributed by atoms with E-state index in [1.165, 1.54) is 30.1 Å². The van der Waals surface area contributed by atoms with Crippen LogP contribution < -0.4 is 0 Å². The lowest BCUT2D eigenvalue weighted by molar-refractivity contribution is 0.494. The molecule has 0 N–H and O–H groups in total. The lowest BCUT2D eigenvalue weighted by atomic mass is 10.0. The molecular formula is C8H17I. The zero-order valence-electron chi connectivity index (χ0n) is 6.49. The van der Waals surface area contributed by atoms with Gasteiger partial charge in [-0.1, -0.05) is 49.3 Å². The van der Waals surface area contributed by atoms with Gasteiger partial charge in [0.25, 0.3) is 0 Å². The Hall–Kier alpha value is 0.730. The van der Waals surface area contributed by atoms with Crippen molar-refractivity contribution in [1.29, 1.82) is 0 Å². The van der Waals surface area contributed by atoms with E-state index in [4.69, 9.17) is 0 Å². The highest BCUT2D eigenvalue weighted by molar-refractivity contribution is 14.1. The largest absolute Gasteiger partial charge is 0.0861 e. The fourth-order valence-corrected chi connectivity index (χ4v) is 2.00. The first-order valence-electron chi connectivity index (χ1n) is 3.91. The Bertz CT molecular complexity index is 46.5. The number of rotatable bonds is 5. The number of alkyl halides is 1. The molecule has 0 heterocycles. The van der Waals surface area contributed by atoms with Crippen molar-refractivity contribution >= 4 is 22.6 Å². The van der Waals surface area contributed by atoms with E-state index in [0.717, 1.165) is 5.92 Å². The van der Waals surface area contributed by atoms with Crippen molar-refractivity contribution in [2.45, 2.75) is 39.5 Å². The molecule has 0 fully saturated rings. The van der Waals surface area contributed by atoms with E-state index in [9.17, 15) is 0 Å². The van der Waals surface area contributed by atoms with Gasteiger partial charge in [0.2, 0.25) is 0 Å². The molecule has 0 spiro atoms. The van der Waals surface area contributed by atoms with Crippen LogP contribution in [0, 0.1) is 5.92 Å². The van der Waals surface area contributed by atoms with Gasteiger partial charge in [-0.25, -0.2) is 0 Å². The van der Waals surface area contributed by atoms with Crippen molar-refractivity contribution in [2.24, 2.45) is 5.92 Å². The van der Waals surface area contributed by atoms with Gasteiger partial charge >= 0.3 is 0 Å². The van der Waals surface area contributed by atoms with Crippen LogP contribution in [0.15, 0.2) is 0 Å². The first kappa shape index (κ1) is 9.73. The first-order chi connectivity index (χ1) is 4.35. The van der Waals surface area contributed by atoms with Crippen LogP contribution in [0.25, 0.3) is 0 Å². The van der Waals surface area contributed by atoms with Gasteiger partial charge < -0.3 is 0 Å². The third-order valence-corrected chi connectivity index (χ3v) is 2.86. The van der Waals surface area contributed by atoms with Crippen LogP contribution in [-0.2, 0) is 0 Å². The minimum Gasteiger partial charge on any atom is -0.0861 e. The summed E-state index contributed by atoms with van der Waals surface area (Å²) in [6.45, 7) is 4.55. The van der Waals surface area contributed by atoms with E-state index < -0.39 is 0 Å². The van der Waals surface area contributed by atoms with Gasteiger partial charge in [0.05, 0.1) is 0 Å². The fourth-order valence-electron chi connectivity index (χ4n) is 1.12. The summed E-state index contributed by atoms with van der Waals surface area (Å²) in [5.41, 5.74) is 0. The number of halogens is 1. The molecule has 0 aliphatic heterocycles.